The minimum absolute atomic E-state index is 0.271. The Labute approximate surface area is 145 Å². The molecule has 1 N–H and O–H groups in total. The molecular weight excluding hydrogens is 451 g/mol. The maximum Gasteiger partial charge on any atom is 0.128 e. The summed E-state index contributed by atoms with van der Waals surface area (Å²) in [5.41, 5.74) is 1.43. The van der Waals surface area contributed by atoms with Gasteiger partial charge >= 0.3 is 0 Å². The van der Waals surface area contributed by atoms with Crippen molar-refractivity contribution in [1.82, 2.24) is 5.32 Å². The monoisotopic (exact) mass is 465 g/mol. The van der Waals surface area contributed by atoms with Crippen molar-refractivity contribution in [3.8, 4) is 0 Å². The fourth-order valence-electron chi connectivity index (χ4n) is 2.15. The molecule has 2 aromatic rings. The van der Waals surface area contributed by atoms with E-state index in [-0.39, 0.29) is 17.7 Å². The van der Waals surface area contributed by atoms with Crippen molar-refractivity contribution in [2.75, 3.05) is 6.54 Å². The van der Waals surface area contributed by atoms with Gasteiger partial charge in [-0.05, 0) is 71.5 Å². The van der Waals surface area contributed by atoms with Crippen LogP contribution >= 0.6 is 38.5 Å². The summed E-state index contributed by atoms with van der Waals surface area (Å²) in [6.07, 6.45) is 0.934. The highest BCUT2D eigenvalue weighted by molar-refractivity contribution is 14.1. The van der Waals surface area contributed by atoms with Crippen LogP contribution in [0.4, 0.5) is 8.78 Å². The second kappa shape index (κ2) is 7.65. The lowest BCUT2D eigenvalue weighted by atomic mass is 9.98. The highest BCUT2D eigenvalue weighted by Crippen LogP contribution is 2.30. The molecule has 21 heavy (non-hydrogen) atoms. The van der Waals surface area contributed by atoms with Crippen LogP contribution in [0.3, 0.4) is 0 Å². The van der Waals surface area contributed by atoms with E-state index in [4.69, 9.17) is 0 Å². The third kappa shape index (κ3) is 4.23. The second-order valence-corrected chi connectivity index (χ2v) is 6.80. The number of rotatable bonds is 5. The van der Waals surface area contributed by atoms with Gasteiger partial charge in [-0.15, -0.1) is 0 Å². The molecule has 0 aliphatic heterocycles. The Morgan fingerprint density at radius 2 is 1.90 bits per heavy atom. The van der Waals surface area contributed by atoms with Gasteiger partial charge in [0.15, 0.2) is 0 Å². The molecule has 0 amide bonds. The van der Waals surface area contributed by atoms with E-state index >= 15 is 0 Å². The first-order valence-corrected chi connectivity index (χ1v) is 8.53. The van der Waals surface area contributed by atoms with Crippen LogP contribution in [0.5, 0.6) is 0 Å². The molecule has 1 nitrogen and oxygen atoms in total. The lowest BCUT2D eigenvalue weighted by Gasteiger charge is -2.22. The molecule has 0 aliphatic carbocycles. The Bertz CT molecular complexity index is 634. The number of nitrogens with one attached hydrogen (secondary N) is 1. The molecule has 0 saturated heterocycles. The smallest absolute Gasteiger partial charge is 0.128 e. The number of halogens is 4. The SMILES string of the molecule is CCCNC(c1cc(Br)ccc1F)c1ccc(F)cc1I. The van der Waals surface area contributed by atoms with E-state index in [0.29, 0.717) is 5.56 Å². The van der Waals surface area contributed by atoms with Crippen molar-refractivity contribution in [3.05, 3.63) is 67.2 Å². The van der Waals surface area contributed by atoms with Crippen LogP contribution in [0.1, 0.15) is 30.5 Å². The van der Waals surface area contributed by atoms with Crippen molar-refractivity contribution < 1.29 is 8.78 Å². The maximum atomic E-state index is 14.2. The van der Waals surface area contributed by atoms with E-state index in [0.717, 1.165) is 26.6 Å². The van der Waals surface area contributed by atoms with Crippen molar-refractivity contribution in [2.24, 2.45) is 0 Å². The average Bonchev–Trinajstić information content (AvgIpc) is 2.44. The van der Waals surface area contributed by atoms with Crippen LogP contribution in [-0.4, -0.2) is 6.54 Å². The van der Waals surface area contributed by atoms with Crippen LogP contribution in [-0.2, 0) is 0 Å². The van der Waals surface area contributed by atoms with E-state index in [9.17, 15) is 8.78 Å². The fraction of sp³-hybridized carbons (Fsp3) is 0.250. The predicted molar refractivity (Wildman–Crippen MR) is 93.4 cm³/mol. The lowest BCUT2D eigenvalue weighted by Crippen LogP contribution is -2.25. The van der Waals surface area contributed by atoms with Crippen LogP contribution in [0, 0.1) is 15.2 Å². The summed E-state index contributed by atoms with van der Waals surface area (Å²) < 4.78 is 29.1. The van der Waals surface area contributed by atoms with Crippen LogP contribution in [0.25, 0.3) is 0 Å². The number of hydrogen-bond donors (Lipinski definition) is 1. The molecule has 0 aromatic heterocycles. The van der Waals surface area contributed by atoms with E-state index in [1.54, 1.807) is 18.2 Å². The fourth-order valence-corrected chi connectivity index (χ4v) is 3.32. The second-order valence-electron chi connectivity index (χ2n) is 4.72. The van der Waals surface area contributed by atoms with Crippen LogP contribution in [0.15, 0.2) is 40.9 Å². The van der Waals surface area contributed by atoms with E-state index < -0.39 is 0 Å². The van der Waals surface area contributed by atoms with Gasteiger partial charge in [0.1, 0.15) is 11.6 Å². The summed E-state index contributed by atoms with van der Waals surface area (Å²) >= 11 is 5.47. The van der Waals surface area contributed by atoms with Gasteiger partial charge in [-0.25, -0.2) is 8.78 Å². The zero-order chi connectivity index (χ0) is 15.4. The summed E-state index contributed by atoms with van der Waals surface area (Å²) in [5.74, 6) is -0.556. The Hall–Kier alpha value is -0.530. The molecular formula is C16H15BrF2IN. The zero-order valence-electron chi connectivity index (χ0n) is 11.5. The summed E-state index contributed by atoms with van der Waals surface area (Å²) in [4.78, 5) is 0. The van der Waals surface area contributed by atoms with Gasteiger partial charge in [-0.1, -0.05) is 28.9 Å². The predicted octanol–water partition coefficient (Wildman–Crippen LogP) is 5.42. The minimum atomic E-state index is -0.296. The first-order valence-electron chi connectivity index (χ1n) is 6.66. The van der Waals surface area contributed by atoms with Crippen molar-refractivity contribution >= 4 is 38.5 Å². The van der Waals surface area contributed by atoms with E-state index in [2.05, 4.69) is 50.8 Å². The summed E-state index contributed by atoms with van der Waals surface area (Å²) in [5, 5.41) is 3.34. The summed E-state index contributed by atoms with van der Waals surface area (Å²) in [6.45, 7) is 2.81. The van der Waals surface area contributed by atoms with Crippen LogP contribution in [0.2, 0.25) is 0 Å². The number of hydrogen-bond acceptors (Lipinski definition) is 1. The topological polar surface area (TPSA) is 12.0 Å². The largest absolute Gasteiger partial charge is 0.306 e. The molecule has 0 fully saturated rings. The van der Waals surface area contributed by atoms with Crippen molar-refractivity contribution in [2.45, 2.75) is 19.4 Å². The molecule has 0 spiro atoms. The summed E-state index contributed by atoms with van der Waals surface area (Å²) in [6, 6.07) is 9.17. The van der Waals surface area contributed by atoms with E-state index in [1.165, 1.54) is 18.2 Å². The molecule has 0 heterocycles. The third-order valence-electron chi connectivity index (χ3n) is 3.14. The number of benzene rings is 2. The quantitative estimate of drug-likeness (QED) is 0.581. The van der Waals surface area contributed by atoms with Crippen molar-refractivity contribution in [1.29, 1.82) is 0 Å². The highest BCUT2D eigenvalue weighted by atomic mass is 127. The Morgan fingerprint density at radius 3 is 2.57 bits per heavy atom. The minimum Gasteiger partial charge on any atom is -0.306 e. The van der Waals surface area contributed by atoms with Gasteiger partial charge in [-0.2, -0.15) is 0 Å². The van der Waals surface area contributed by atoms with E-state index in [1.807, 2.05) is 0 Å². The highest BCUT2D eigenvalue weighted by Gasteiger charge is 2.20. The van der Waals surface area contributed by atoms with Gasteiger partial charge in [0.2, 0.25) is 0 Å². The Kier molecular flexibility index (Phi) is 6.13. The van der Waals surface area contributed by atoms with Crippen LogP contribution < -0.4 is 5.32 Å². The molecule has 1 unspecified atom stereocenters. The molecule has 0 aliphatic rings. The molecule has 1 atom stereocenters. The lowest BCUT2D eigenvalue weighted by molar-refractivity contribution is 0.543. The first kappa shape index (κ1) is 16.8. The summed E-state index contributed by atoms with van der Waals surface area (Å²) in [7, 11) is 0. The molecule has 112 valence electrons. The van der Waals surface area contributed by atoms with Gasteiger partial charge < -0.3 is 5.32 Å². The average molecular weight is 466 g/mol. The van der Waals surface area contributed by atoms with Gasteiger partial charge in [0.05, 0.1) is 6.04 Å². The molecule has 2 rings (SSSR count). The Morgan fingerprint density at radius 1 is 1.14 bits per heavy atom. The normalized spacial score (nSPS) is 12.4. The third-order valence-corrected chi connectivity index (χ3v) is 4.57. The van der Waals surface area contributed by atoms with Gasteiger partial charge in [0, 0.05) is 13.6 Å². The maximum absolute atomic E-state index is 14.2. The molecule has 0 saturated carbocycles. The molecule has 5 heteroatoms. The zero-order valence-corrected chi connectivity index (χ0v) is 15.2. The standard InChI is InChI=1S/C16H15BrF2IN/c1-2-7-21-16(12-5-4-11(18)9-15(12)20)13-8-10(17)3-6-14(13)19/h3-6,8-9,16,21H,2,7H2,1H3. The van der Waals surface area contributed by atoms with Crippen molar-refractivity contribution in [3.63, 3.8) is 0 Å². The molecule has 2 aromatic carbocycles. The van der Waals surface area contributed by atoms with Gasteiger partial charge in [-0.3, -0.25) is 0 Å². The Balaban J connectivity index is 2.49. The molecule has 0 bridgehead atoms. The first-order chi connectivity index (χ1) is 10.0. The van der Waals surface area contributed by atoms with Gasteiger partial charge in [0.25, 0.3) is 0 Å². The molecule has 0 radical (unpaired) electrons.